The average Bonchev–Trinajstić information content (AvgIpc) is 2.90. The van der Waals surface area contributed by atoms with Gasteiger partial charge in [-0.1, -0.05) is 17.7 Å². The summed E-state index contributed by atoms with van der Waals surface area (Å²) < 4.78 is 1.80. The molecule has 0 bridgehead atoms. The fourth-order valence-electron chi connectivity index (χ4n) is 2.14. The highest BCUT2D eigenvalue weighted by atomic mass is 16.2. The van der Waals surface area contributed by atoms with E-state index in [-0.39, 0.29) is 6.03 Å². The number of anilines is 2. The normalized spacial score (nSPS) is 10.5. The highest BCUT2D eigenvalue weighted by Crippen LogP contribution is 2.12. The predicted octanol–water partition coefficient (Wildman–Crippen LogP) is 3.23. The molecule has 7 nitrogen and oxygen atoms in total. The maximum absolute atomic E-state index is 12.0. The van der Waals surface area contributed by atoms with Crippen molar-refractivity contribution in [3.05, 3.63) is 59.9 Å². The number of imidazole rings is 1. The van der Waals surface area contributed by atoms with Crippen LogP contribution in [0.15, 0.2) is 43.0 Å². The van der Waals surface area contributed by atoms with Crippen molar-refractivity contribution in [2.75, 3.05) is 10.6 Å². The van der Waals surface area contributed by atoms with Crippen molar-refractivity contribution in [3.8, 4) is 5.95 Å². The molecule has 2 heterocycles. The number of aromatic nitrogens is 4. The van der Waals surface area contributed by atoms with Gasteiger partial charge in [-0.2, -0.15) is 0 Å². The van der Waals surface area contributed by atoms with Crippen molar-refractivity contribution in [2.24, 2.45) is 0 Å². The van der Waals surface area contributed by atoms with Crippen LogP contribution in [-0.4, -0.2) is 25.6 Å². The number of hydrogen-bond acceptors (Lipinski definition) is 4. The van der Waals surface area contributed by atoms with Gasteiger partial charge in [0.25, 0.3) is 0 Å². The summed E-state index contributed by atoms with van der Waals surface area (Å²) in [5, 5.41) is 5.46. The smallest absolute Gasteiger partial charge is 0.308 e. The second-order valence-corrected chi connectivity index (χ2v) is 5.50. The number of rotatable bonds is 3. The van der Waals surface area contributed by atoms with Crippen molar-refractivity contribution in [1.82, 2.24) is 19.5 Å². The van der Waals surface area contributed by atoms with Crippen LogP contribution in [0.25, 0.3) is 5.95 Å². The molecule has 3 rings (SSSR count). The van der Waals surface area contributed by atoms with E-state index < -0.39 is 0 Å². The number of carbonyl (C=O) groups excluding carboxylic acids is 1. The molecule has 0 unspecified atom stereocenters. The Balaban J connectivity index is 1.66. The van der Waals surface area contributed by atoms with Crippen LogP contribution >= 0.6 is 0 Å². The lowest BCUT2D eigenvalue weighted by Crippen LogP contribution is -2.19. The van der Waals surface area contributed by atoms with E-state index in [9.17, 15) is 4.79 Å². The third-order valence-corrected chi connectivity index (χ3v) is 3.67. The van der Waals surface area contributed by atoms with Crippen molar-refractivity contribution < 1.29 is 4.79 Å². The van der Waals surface area contributed by atoms with E-state index in [0.717, 1.165) is 22.6 Å². The zero-order valence-corrected chi connectivity index (χ0v) is 13.7. The summed E-state index contributed by atoms with van der Waals surface area (Å²) in [4.78, 5) is 24.7. The third-order valence-electron chi connectivity index (χ3n) is 3.67. The van der Waals surface area contributed by atoms with E-state index in [1.165, 1.54) is 0 Å². The van der Waals surface area contributed by atoms with Gasteiger partial charge in [0, 0.05) is 11.4 Å². The Morgan fingerprint density at radius 1 is 0.917 bits per heavy atom. The number of nitrogens with zero attached hydrogens (tertiary/aromatic N) is 4. The predicted molar refractivity (Wildman–Crippen MR) is 92.4 cm³/mol. The van der Waals surface area contributed by atoms with Gasteiger partial charge in [0.15, 0.2) is 0 Å². The molecule has 0 aliphatic heterocycles. The van der Waals surface area contributed by atoms with Gasteiger partial charge in [-0.15, -0.1) is 0 Å². The van der Waals surface area contributed by atoms with E-state index in [2.05, 4.69) is 25.6 Å². The van der Waals surface area contributed by atoms with Gasteiger partial charge >= 0.3 is 6.03 Å². The first-order valence-corrected chi connectivity index (χ1v) is 7.50. The van der Waals surface area contributed by atoms with Crippen molar-refractivity contribution in [3.63, 3.8) is 0 Å². The maximum Gasteiger partial charge on any atom is 0.323 e. The van der Waals surface area contributed by atoms with Crippen LogP contribution in [0.1, 0.15) is 17.0 Å². The van der Waals surface area contributed by atoms with E-state index in [1.807, 2.05) is 45.0 Å². The number of nitrogens with one attached hydrogen (secondary N) is 2. The van der Waals surface area contributed by atoms with E-state index in [1.54, 1.807) is 23.3 Å². The summed E-state index contributed by atoms with van der Waals surface area (Å²) in [6, 6.07) is 7.22. The molecule has 1 aromatic carbocycles. The lowest BCUT2D eigenvalue weighted by Gasteiger charge is -2.08. The lowest BCUT2D eigenvalue weighted by atomic mass is 10.2. The molecular formula is C17H18N6O. The Labute approximate surface area is 139 Å². The summed E-state index contributed by atoms with van der Waals surface area (Å²) in [5.41, 5.74) is 4.28. The summed E-state index contributed by atoms with van der Waals surface area (Å²) >= 11 is 0. The molecule has 3 aromatic rings. The van der Waals surface area contributed by atoms with Crippen molar-refractivity contribution in [2.45, 2.75) is 20.8 Å². The second kappa shape index (κ2) is 6.49. The Kier molecular flexibility index (Phi) is 4.24. The zero-order chi connectivity index (χ0) is 17.1. The fraction of sp³-hybridized carbons (Fsp3) is 0.176. The molecule has 0 aliphatic rings. The SMILES string of the molecule is Cc1ccc(NC(=O)Nc2cnc(-n3cnc(C)c3C)nc2)cc1. The van der Waals surface area contributed by atoms with Crippen molar-refractivity contribution >= 4 is 17.4 Å². The molecule has 2 amide bonds. The Bertz CT molecular complexity index is 852. The summed E-state index contributed by atoms with van der Waals surface area (Å²) in [5.74, 6) is 0.512. The number of urea groups is 1. The summed E-state index contributed by atoms with van der Waals surface area (Å²) in [6.07, 6.45) is 4.80. The first-order chi connectivity index (χ1) is 11.5. The number of carbonyl (C=O) groups is 1. The topological polar surface area (TPSA) is 84.7 Å². The second-order valence-electron chi connectivity index (χ2n) is 5.50. The molecule has 24 heavy (non-hydrogen) atoms. The van der Waals surface area contributed by atoms with Gasteiger partial charge in [-0.25, -0.2) is 19.7 Å². The van der Waals surface area contributed by atoms with Crippen LogP contribution in [0.4, 0.5) is 16.2 Å². The van der Waals surface area contributed by atoms with Crippen LogP contribution in [0, 0.1) is 20.8 Å². The Morgan fingerprint density at radius 3 is 2.12 bits per heavy atom. The van der Waals surface area contributed by atoms with Crippen LogP contribution in [0.5, 0.6) is 0 Å². The first kappa shape index (κ1) is 15.7. The van der Waals surface area contributed by atoms with E-state index in [0.29, 0.717) is 11.6 Å². The van der Waals surface area contributed by atoms with Gasteiger partial charge < -0.3 is 10.6 Å². The molecule has 0 radical (unpaired) electrons. The van der Waals surface area contributed by atoms with Gasteiger partial charge in [0.2, 0.25) is 5.95 Å². The van der Waals surface area contributed by atoms with Gasteiger partial charge in [0.1, 0.15) is 6.33 Å². The summed E-state index contributed by atoms with van der Waals surface area (Å²) in [6.45, 7) is 5.87. The number of hydrogen-bond donors (Lipinski definition) is 2. The molecule has 0 atom stereocenters. The molecule has 0 saturated carbocycles. The minimum Gasteiger partial charge on any atom is -0.308 e. The lowest BCUT2D eigenvalue weighted by molar-refractivity contribution is 0.262. The standard InChI is InChI=1S/C17H18N6O/c1-11-4-6-14(7-5-11)21-17(24)22-15-8-18-16(19-9-15)23-10-20-12(2)13(23)3/h4-10H,1-3H3,(H2,21,22,24). The Morgan fingerprint density at radius 2 is 1.54 bits per heavy atom. The zero-order valence-electron chi connectivity index (χ0n) is 13.7. The fourth-order valence-corrected chi connectivity index (χ4v) is 2.14. The van der Waals surface area contributed by atoms with Gasteiger partial charge in [0.05, 0.1) is 23.8 Å². The summed E-state index contributed by atoms with van der Waals surface area (Å²) in [7, 11) is 0. The van der Waals surface area contributed by atoms with Gasteiger partial charge in [-0.05, 0) is 32.9 Å². The molecule has 7 heteroatoms. The molecular weight excluding hydrogens is 304 g/mol. The molecule has 0 saturated heterocycles. The number of amides is 2. The highest BCUT2D eigenvalue weighted by Gasteiger charge is 2.08. The van der Waals surface area contributed by atoms with Crippen LogP contribution in [0.2, 0.25) is 0 Å². The first-order valence-electron chi connectivity index (χ1n) is 7.50. The van der Waals surface area contributed by atoms with Gasteiger partial charge in [-0.3, -0.25) is 4.57 Å². The van der Waals surface area contributed by atoms with Crippen LogP contribution < -0.4 is 10.6 Å². The van der Waals surface area contributed by atoms with E-state index >= 15 is 0 Å². The minimum atomic E-state index is -0.343. The molecule has 122 valence electrons. The maximum atomic E-state index is 12.0. The molecule has 0 aliphatic carbocycles. The van der Waals surface area contributed by atoms with Crippen LogP contribution in [0.3, 0.4) is 0 Å². The monoisotopic (exact) mass is 322 g/mol. The third kappa shape index (κ3) is 3.40. The number of aryl methyl sites for hydroxylation is 2. The van der Waals surface area contributed by atoms with E-state index in [4.69, 9.17) is 0 Å². The molecule has 2 N–H and O–H groups in total. The number of benzene rings is 1. The average molecular weight is 322 g/mol. The highest BCUT2D eigenvalue weighted by molar-refractivity contribution is 5.99. The Hall–Kier alpha value is -3.22. The van der Waals surface area contributed by atoms with Crippen molar-refractivity contribution in [1.29, 1.82) is 0 Å². The quantitative estimate of drug-likeness (QED) is 0.775. The van der Waals surface area contributed by atoms with Crippen LogP contribution in [-0.2, 0) is 0 Å². The molecule has 2 aromatic heterocycles. The molecule has 0 spiro atoms. The minimum absolute atomic E-state index is 0.343. The molecule has 0 fully saturated rings. The largest absolute Gasteiger partial charge is 0.323 e.